The maximum atomic E-state index is 12.7. The lowest BCUT2D eigenvalue weighted by Crippen LogP contribution is -2.61. The molecule has 1 saturated heterocycles. The number of halogens is 1. The Morgan fingerprint density at radius 3 is 2.42 bits per heavy atom. The van der Waals surface area contributed by atoms with Gasteiger partial charge in [-0.2, -0.15) is 5.10 Å². The van der Waals surface area contributed by atoms with Crippen molar-refractivity contribution in [3.05, 3.63) is 64.7 Å². The first-order chi connectivity index (χ1) is 20.3. The Morgan fingerprint density at radius 2 is 1.79 bits per heavy atom. The van der Waals surface area contributed by atoms with Crippen LogP contribution in [0.5, 0.6) is 0 Å². The third kappa shape index (κ3) is 5.40. The number of aliphatic carboxylic acids is 1. The van der Waals surface area contributed by atoms with Crippen molar-refractivity contribution in [1.29, 1.82) is 0 Å². The third-order valence-corrected chi connectivity index (χ3v) is 9.33. The van der Waals surface area contributed by atoms with Crippen molar-refractivity contribution in [2.75, 3.05) is 25.1 Å². The number of fused-ring (bicyclic) bond motifs is 2. The van der Waals surface area contributed by atoms with Gasteiger partial charge >= 0.3 is 5.97 Å². The van der Waals surface area contributed by atoms with Crippen LogP contribution in [0.4, 0.5) is 5.82 Å². The molecule has 2 aromatic heterocycles. The van der Waals surface area contributed by atoms with Crippen LogP contribution >= 0.6 is 22.9 Å². The van der Waals surface area contributed by atoms with E-state index in [0.29, 0.717) is 10.6 Å². The summed E-state index contributed by atoms with van der Waals surface area (Å²) in [5.41, 5.74) is 5.05. The van der Waals surface area contributed by atoms with E-state index >= 15 is 0 Å². The molecule has 10 heteroatoms. The molecule has 1 aliphatic heterocycles. The highest BCUT2D eigenvalue weighted by Crippen LogP contribution is 2.45. The summed E-state index contributed by atoms with van der Waals surface area (Å²) in [7, 11) is 3.71. The van der Waals surface area contributed by atoms with Crippen LogP contribution in [0.2, 0.25) is 5.02 Å². The van der Waals surface area contributed by atoms with Gasteiger partial charge < -0.3 is 19.5 Å². The number of benzene rings is 3. The number of methoxy groups -OCH3 is 1. The highest BCUT2D eigenvalue weighted by Gasteiger charge is 2.41. The third-order valence-electron chi connectivity index (χ3n) is 7.94. The number of aryl methyl sites for hydroxylation is 2. The molecule has 0 spiro atoms. The molecular weight excluding hydrogens is 584 g/mol. The fourth-order valence-corrected chi connectivity index (χ4v) is 7.06. The minimum Gasteiger partial charge on any atom is -0.479 e. The topological polar surface area (TPSA) is 89.7 Å². The lowest BCUT2D eigenvalue weighted by atomic mass is 9.91. The van der Waals surface area contributed by atoms with Gasteiger partial charge in [0.1, 0.15) is 5.01 Å². The van der Waals surface area contributed by atoms with Crippen molar-refractivity contribution in [3.8, 4) is 21.7 Å². The Hall–Kier alpha value is -3.50. The van der Waals surface area contributed by atoms with Gasteiger partial charge in [0.25, 0.3) is 0 Å². The zero-order chi connectivity index (χ0) is 30.8. The summed E-state index contributed by atoms with van der Waals surface area (Å²) in [4.78, 5) is 20.0. The number of carboxylic acid groups (broad SMARTS) is 1. The fraction of sp³-hybridized carbons (Fsp3) is 0.364. The summed E-state index contributed by atoms with van der Waals surface area (Å²) in [6.45, 7) is 11.2. The van der Waals surface area contributed by atoms with E-state index in [1.807, 2.05) is 69.8 Å². The van der Waals surface area contributed by atoms with Gasteiger partial charge in [-0.05, 0) is 82.1 Å². The van der Waals surface area contributed by atoms with Crippen LogP contribution in [0.1, 0.15) is 44.9 Å². The lowest BCUT2D eigenvalue weighted by Gasteiger charge is -2.47. The van der Waals surface area contributed by atoms with Gasteiger partial charge in [0, 0.05) is 41.3 Å². The molecule has 0 aliphatic carbocycles. The van der Waals surface area contributed by atoms with Gasteiger partial charge in [-0.3, -0.25) is 4.68 Å². The number of anilines is 1. The molecule has 1 fully saturated rings. The number of nitrogens with zero attached hydrogens (tertiary/aromatic N) is 4. The van der Waals surface area contributed by atoms with E-state index in [1.54, 1.807) is 18.4 Å². The molecule has 0 bridgehead atoms. The molecule has 1 unspecified atom stereocenters. The van der Waals surface area contributed by atoms with Crippen LogP contribution < -0.4 is 4.90 Å². The SMILES string of the molecule is COC1(C)CN(c2nn(C)c3ccc(-c4nc5cc(C)c(C(OC(C)(C)C)C(=O)O)c(-c6ccc(Cl)cc6)c5s4)cc23)C1. The maximum absolute atomic E-state index is 12.7. The number of carbonyl (C=O) groups is 1. The van der Waals surface area contributed by atoms with Gasteiger partial charge in [0.2, 0.25) is 0 Å². The smallest absolute Gasteiger partial charge is 0.337 e. The van der Waals surface area contributed by atoms with Crippen LogP contribution in [0, 0.1) is 6.92 Å². The van der Waals surface area contributed by atoms with E-state index in [-0.39, 0.29) is 5.60 Å². The second-order valence-electron chi connectivity index (χ2n) is 12.5. The van der Waals surface area contributed by atoms with E-state index in [2.05, 4.69) is 30.0 Å². The van der Waals surface area contributed by atoms with E-state index in [0.717, 1.165) is 67.3 Å². The summed E-state index contributed by atoms with van der Waals surface area (Å²) < 4.78 is 14.6. The second-order valence-corrected chi connectivity index (χ2v) is 13.9. The Kier molecular flexibility index (Phi) is 7.28. The van der Waals surface area contributed by atoms with E-state index in [9.17, 15) is 9.90 Å². The van der Waals surface area contributed by atoms with Crippen molar-refractivity contribution in [2.45, 2.75) is 51.9 Å². The predicted molar refractivity (Wildman–Crippen MR) is 173 cm³/mol. The van der Waals surface area contributed by atoms with Gasteiger partial charge in [-0.1, -0.05) is 23.7 Å². The van der Waals surface area contributed by atoms with Crippen molar-refractivity contribution >= 4 is 55.8 Å². The first kappa shape index (κ1) is 29.6. The largest absolute Gasteiger partial charge is 0.479 e. The van der Waals surface area contributed by atoms with Crippen LogP contribution in [-0.4, -0.2) is 57.2 Å². The molecule has 43 heavy (non-hydrogen) atoms. The molecule has 0 saturated carbocycles. The number of carboxylic acids is 1. The van der Waals surface area contributed by atoms with Crippen LogP contribution in [0.25, 0.3) is 42.8 Å². The number of aromatic nitrogens is 3. The summed E-state index contributed by atoms with van der Waals surface area (Å²) in [6, 6.07) is 15.7. The molecule has 0 amide bonds. The Morgan fingerprint density at radius 1 is 1.12 bits per heavy atom. The van der Waals surface area contributed by atoms with Crippen LogP contribution in [-0.2, 0) is 21.3 Å². The number of rotatable bonds is 7. The average molecular weight is 619 g/mol. The van der Waals surface area contributed by atoms with Gasteiger partial charge in [-0.25, -0.2) is 9.78 Å². The summed E-state index contributed by atoms with van der Waals surface area (Å²) in [6.07, 6.45) is -1.16. The Bertz CT molecular complexity index is 1870. The van der Waals surface area contributed by atoms with Crippen LogP contribution in [0.15, 0.2) is 48.5 Å². The zero-order valence-corrected chi connectivity index (χ0v) is 26.9. The average Bonchev–Trinajstić information content (AvgIpc) is 3.49. The van der Waals surface area contributed by atoms with Crippen molar-refractivity contribution in [3.63, 3.8) is 0 Å². The van der Waals surface area contributed by atoms with E-state index < -0.39 is 17.7 Å². The molecule has 0 radical (unpaired) electrons. The Balaban J connectivity index is 1.53. The lowest BCUT2D eigenvalue weighted by molar-refractivity contribution is -0.160. The molecule has 5 aromatic rings. The Labute approximate surface area is 259 Å². The number of hydrogen-bond acceptors (Lipinski definition) is 7. The minimum atomic E-state index is -1.16. The molecule has 8 nitrogen and oxygen atoms in total. The van der Waals surface area contributed by atoms with E-state index in [4.69, 9.17) is 31.2 Å². The summed E-state index contributed by atoms with van der Waals surface area (Å²) in [5, 5.41) is 17.7. The van der Waals surface area contributed by atoms with Gasteiger partial charge in [-0.15, -0.1) is 11.3 Å². The second kappa shape index (κ2) is 10.6. The van der Waals surface area contributed by atoms with Crippen LogP contribution in [0.3, 0.4) is 0 Å². The van der Waals surface area contributed by atoms with Crippen molar-refractivity contribution in [2.24, 2.45) is 7.05 Å². The molecule has 6 rings (SSSR count). The predicted octanol–water partition coefficient (Wildman–Crippen LogP) is 7.64. The molecule has 3 aromatic carbocycles. The van der Waals surface area contributed by atoms with Crippen molar-refractivity contribution in [1.82, 2.24) is 14.8 Å². The maximum Gasteiger partial charge on any atom is 0.337 e. The standard InChI is InChI=1S/C33H35ClN4O4S/c1-18-14-23-28(26(19-8-11-21(34)12-9-19)25(18)27(31(39)40)42-32(2,3)4)43-30(35-23)20-10-13-24-22(15-20)29(36-37(24)6)38-16-33(5,17-38)41-7/h8-15,27H,16-17H2,1-7H3,(H,39,40). The molecule has 224 valence electrons. The van der Waals surface area contributed by atoms with Gasteiger partial charge in [0.05, 0.1) is 40.0 Å². The number of thiazole rings is 1. The molecule has 1 aliphatic rings. The minimum absolute atomic E-state index is 0.174. The normalized spacial score (nSPS) is 15.7. The quantitative estimate of drug-likeness (QED) is 0.200. The molecule has 3 heterocycles. The molecule has 1 atom stereocenters. The summed E-state index contributed by atoms with van der Waals surface area (Å²) in [5.74, 6) is -0.110. The van der Waals surface area contributed by atoms with E-state index in [1.165, 1.54) is 0 Å². The fourth-order valence-electron chi connectivity index (χ4n) is 5.82. The number of hydrogen-bond donors (Lipinski definition) is 1. The van der Waals surface area contributed by atoms with Crippen molar-refractivity contribution < 1.29 is 19.4 Å². The zero-order valence-electron chi connectivity index (χ0n) is 25.4. The first-order valence-electron chi connectivity index (χ1n) is 14.1. The molecule has 1 N–H and O–H groups in total. The first-order valence-corrected chi connectivity index (χ1v) is 15.3. The highest BCUT2D eigenvalue weighted by molar-refractivity contribution is 7.22. The number of ether oxygens (including phenoxy) is 2. The highest BCUT2D eigenvalue weighted by atomic mass is 35.5. The monoisotopic (exact) mass is 618 g/mol. The van der Waals surface area contributed by atoms with Gasteiger partial charge in [0.15, 0.2) is 11.9 Å². The molecular formula is C33H35ClN4O4S. The summed E-state index contributed by atoms with van der Waals surface area (Å²) >= 11 is 7.80.